The van der Waals surface area contributed by atoms with E-state index in [1.165, 1.54) is 6.33 Å². The zero-order valence-corrected chi connectivity index (χ0v) is 10.5. The van der Waals surface area contributed by atoms with E-state index in [9.17, 15) is 5.11 Å². The summed E-state index contributed by atoms with van der Waals surface area (Å²) >= 11 is 0. The molecule has 3 N–H and O–H groups in total. The van der Waals surface area contributed by atoms with Crippen LogP contribution < -0.4 is 10.6 Å². The monoisotopic (exact) mass is 240 g/mol. The van der Waals surface area contributed by atoms with Gasteiger partial charge < -0.3 is 20.5 Å². The topological polar surface area (TPSA) is 79.3 Å². The van der Waals surface area contributed by atoms with Crippen molar-refractivity contribution in [2.45, 2.75) is 18.9 Å². The second-order valence-corrected chi connectivity index (χ2v) is 4.13. The maximum atomic E-state index is 10.0. The molecule has 0 spiro atoms. The molecule has 1 rings (SSSR count). The first-order chi connectivity index (χ1) is 8.07. The Hall–Kier alpha value is -1.40. The lowest BCUT2D eigenvalue weighted by Gasteiger charge is -2.23. The summed E-state index contributed by atoms with van der Waals surface area (Å²) < 4.78 is 4.94. The molecular weight excluding hydrogens is 220 g/mol. The van der Waals surface area contributed by atoms with Crippen LogP contribution in [0.2, 0.25) is 0 Å². The maximum absolute atomic E-state index is 10.0. The van der Waals surface area contributed by atoms with Crippen LogP contribution in [0.25, 0.3) is 0 Å². The zero-order valence-electron chi connectivity index (χ0n) is 10.5. The molecule has 0 fully saturated rings. The van der Waals surface area contributed by atoms with Gasteiger partial charge in [-0.25, -0.2) is 9.97 Å². The van der Waals surface area contributed by atoms with E-state index in [-0.39, 0.29) is 0 Å². The fourth-order valence-electron chi connectivity index (χ4n) is 1.28. The number of nitrogens with zero attached hydrogens (tertiary/aromatic N) is 2. The van der Waals surface area contributed by atoms with Gasteiger partial charge in [-0.2, -0.15) is 0 Å². The summed E-state index contributed by atoms with van der Waals surface area (Å²) in [6.45, 7) is 2.70. The van der Waals surface area contributed by atoms with E-state index in [2.05, 4.69) is 20.6 Å². The Balaban J connectivity index is 2.48. The Morgan fingerprint density at radius 1 is 1.41 bits per heavy atom. The van der Waals surface area contributed by atoms with Crippen LogP contribution in [0.3, 0.4) is 0 Å². The maximum Gasteiger partial charge on any atom is 0.131 e. The predicted molar refractivity (Wildman–Crippen MR) is 67.2 cm³/mol. The van der Waals surface area contributed by atoms with Gasteiger partial charge in [-0.1, -0.05) is 0 Å². The summed E-state index contributed by atoms with van der Waals surface area (Å²) in [4.78, 5) is 8.07. The van der Waals surface area contributed by atoms with Crippen molar-refractivity contribution in [3.05, 3.63) is 12.4 Å². The molecule has 0 aliphatic rings. The minimum atomic E-state index is -0.819. The lowest BCUT2D eigenvalue weighted by Crippen LogP contribution is -2.34. The van der Waals surface area contributed by atoms with Crippen molar-refractivity contribution >= 4 is 11.6 Å². The Morgan fingerprint density at radius 3 is 2.76 bits per heavy atom. The highest BCUT2D eigenvalue weighted by molar-refractivity contribution is 5.46. The molecule has 6 nitrogen and oxygen atoms in total. The number of aliphatic hydroxyl groups is 1. The molecule has 0 aromatic carbocycles. The zero-order chi connectivity index (χ0) is 12.7. The molecule has 17 heavy (non-hydrogen) atoms. The number of methoxy groups -OCH3 is 1. The van der Waals surface area contributed by atoms with Gasteiger partial charge in [0.2, 0.25) is 0 Å². The summed E-state index contributed by atoms with van der Waals surface area (Å²) in [5.74, 6) is 1.42. The van der Waals surface area contributed by atoms with Gasteiger partial charge in [-0.05, 0) is 6.92 Å². The third kappa shape index (κ3) is 4.97. The highest BCUT2D eigenvalue weighted by Gasteiger charge is 2.19. The fourth-order valence-corrected chi connectivity index (χ4v) is 1.28. The minimum absolute atomic E-state index is 0.413. The van der Waals surface area contributed by atoms with Crippen molar-refractivity contribution in [2.24, 2.45) is 0 Å². The number of hydrogen-bond acceptors (Lipinski definition) is 6. The first-order valence-corrected chi connectivity index (χ1v) is 5.52. The third-order valence-electron chi connectivity index (χ3n) is 2.42. The van der Waals surface area contributed by atoms with Gasteiger partial charge in [-0.3, -0.25) is 0 Å². The number of hydrogen-bond donors (Lipinski definition) is 3. The van der Waals surface area contributed by atoms with Gasteiger partial charge >= 0.3 is 0 Å². The second-order valence-electron chi connectivity index (χ2n) is 4.13. The molecule has 1 unspecified atom stereocenters. The van der Waals surface area contributed by atoms with Crippen LogP contribution in [-0.2, 0) is 4.74 Å². The van der Waals surface area contributed by atoms with Crippen molar-refractivity contribution in [1.82, 2.24) is 9.97 Å². The standard InChI is InChI=1S/C11H20N4O2/c1-11(16,4-5-17-3)7-13-10-6-9(12-2)14-8-15-10/h6,8,16H,4-5,7H2,1-3H3,(H2,12,13,14,15). The number of anilines is 2. The molecule has 1 heterocycles. The molecule has 0 aliphatic heterocycles. The van der Waals surface area contributed by atoms with Crippen LogP contribution in [0.1, 0.15) is 13.3 Å². The number of ether oxygens (including phenoxy) is 1. The molecule has 1 aromatic rings. The van der Waals surface area contributed by atoms with Crippen LogP contribution in [0.15, 0.2) is 12.4 Å². The van der Waals surface area contributed by atoms with Crippen molar-refractivity contribution < 1.29 is 9.84 Å². The molecule has 0 saturated carbocycles. The SMILES string of the molecule is CNc1cc(NCC(C)(O)CCOC)ncn1. The van der Waals surface area contributed by atoms with Gasteiger partial charge in [-0.15, -0.1) is 0 Å². The molecule has 0 bridgehead atoms. The van der Waals surface area contributed by atoms with Crippen LogP contribution in [0, 0.1) is 0 Å². The average molecular weight is 240 g/mol. The molecule has 0 radical (unpaired) electrons. The summed E-state index contributed by atoms with van der Waals surface area (Å²) in [5, 5.41) is 16.0. The molecule has 1 atom stereocenters. The molecule has 0 amide bonds. The quantitative estimate of drug-likeness (QED) is 0.651. The van der Waals surface area contributed by atoms with Crippen molar-refractivity contribution in [1.29, 1.82) is 0 Å². The van der Waals surface area contributed by atoms with Crippen molar-refractivity contribution in [3.8, 4) is 0 Å². The molecule has 0 saturated heterocycles. The fraction of sp³-hybridized carbons (Fsp3) is 0.636. The van der Waals surface area contributed by atoms with Gasteiger partial charge in [0, 0.05) is 39.8 Å². The lowest BCUT2D eigenvalue weighted by atomic mass is 10.0. The van der Waals surface area contributed by atoms with Gasteiger partial charge in [0.1, 0.15) is 18.0 Å². The van der Waals surface area contributed by atoms with Crippen LogP contribution >= 0.6 is 0 Å². The van der Waals surface area contributed by atoms with E-state index >= 15 is 0 Å². The first kappa shape index (κ1) is 13.7. The molecular formula is C11H20N4O2. The second kappa shape index (κ2) is 6.36. The van der Waals surface area contributed by atoms with E-state index in [0.717, 1.165) is 5.82 Å². The number of nitrogens with one attached hydrogen (secondary N) is 2. The van der Waals surface area contributed by atoms with Crippen LogP contribution in [0.5, 0.6) is 0 Å². The largest absolute Gasteiger partial charge is 0.388 e. The summed E-state index contributed by atoms with van der Waals surface area (Å²) in [6.07, 6.45) is 2.04. The van der Waals surface area contributed by atoms with Crippen LogP contribution in [0.4, 0.5) is 11.6 Å². The summed E-state index contributed by atoms with van der Waals surface area (Å²) in [6, 6.07) is 1.78. The van der Waals surface area contributed by atoms with Crippen LogP contribution in [-0.4, -0.2) is 48.0 Å². The van der Waals surface area contributed by atoms with Gasteiger partial charge in [0.15, 0.2) is 0 Å². The van der Waals surface area contributed by atoms with E-state index in [1.54, 1.807) is 27.1 Å². The molecule has 0 aliphatic carbocycles. The van der Waals surface area contributed by atoms with Gasteiger partial charge in [0.25, 0.3) is 0 Å². The number of aromatic nitrogens is 2. The lowest BCUT2D eigenvalue weighted by molar-refractivity contribution is 0.0357. The Bertz CT molecular complexity index is 344. The molecule has 6 heteroatoms. The smallest absolute Gasteiger partial charge is 0.131 e. The van der Waals surface area contributed by atoms with E-state index in [0.29, 0.717) is 25.4 Å². The van der Waals surface area contributed by atoms with Gasteiger partial charge in [0.05, 0.1) is 5.60 Å². The normalized spacial score (nSPS) is 14.1. The highest BCUT2D eigenvalue weighted by atomic mass is 16.5. The summed E-state index contributed by atoms with van der Waals surface area (Å²) in [5.41, 5.74) is -0.819. The first-order valence-electron chi connectivity index (χ1n) is 5.52. The van der Waals surface area contributed by atoms with Crippen molar-refractivity contribution in [2.75, 3.05) is 37.9 Å². The summed E-state index contributed by atoms with van der Waals surface area (Å²) in [7, 11) is 3.41. The predicted octanol–water partition coefficient (Wildman–Crippen LogP) is 0.718. The molecule has 96 valence electrons. The Kier molecular flexibility index (Phi) is 5.11. The van der Waals surface area contributed by atoms with E-state index in [4.69, 9.17) is 4.74 Å². The van der Waals surface area contributed by atoms with Crippen molar-refractivity contribution in [3.63, 3.8) is 0 Å². The van der Waals surface area contributed by atoms with E-state index in [1.807, 2.05) is 0 Å². The van der Waals surface area contributed by atoms with E-state index < -0.39 is 5.60 Å². The Labute approximate surface area is 101 Å². The minimum Gasteiger partial charge on any atom is -0.388 e. The third-order valence-corrected chi connectivity index (χ3v) is 2.42. The average Bonchev–Trinajstić information content (AvgIpc) is 2.34. The number of rotatable bonds is 7. The molecule has 1 aromatic heterocycles. The highest BCUT2D eigenvalue weighted by Crippen LogP contribution is 2.12. The Morgan fingerprint density at radius 2 is 2.12 bits per heavy atom.